The second-order valence-electron chi connectivity index (χ2n) is 5.00. The Balaban J connectivity index is 1.99. The van der Waals surface area contributed by atoms with Gasteiger partial charge in [-0.1, -0.05) is 23.7 Å². The molecule has 1 N–H and O–H groups in total. The van der Waals surface area contributed by atoms with E-state index in [1.165, 1.54) is 0 Å². The first kappa shape index (κ1) is 17.7. The van der Waals surface area contributed by atoms with E-state index in [0.29, 0.717) is 5.02 Å². The average Bonchev–Trinajstić information content (AvgIpc) is 2.52. The molecule has 0 aromatic heterocycles. The van der Waals surface area contributed by atoms with Crippen LogP contribution in [0.2, 0.25) is 5.02 Å². The molecule has 2 aromatic rings. The Hall–Kier alpha value is -2.67. The number of nitrogens with one attached hydrogen (secondary N) is 1. The van der Waals surface area contributed by atoms with Gasteiger partial charge in [-0.15, -0.1) is 0 Å². The van der Waals surface area contributed by atoms with Gasteiger partial charge in [-0.25, -0.2) is 4.39 Å². The molecule has 0 bridgehead atoms. The third-order valence-corrected chi connectivity index (χ3v) is 3.44. The summed E-state index contributed by atoms with van der Waals surface area (Å²) in [6.07, 6.45) is 0. The number of carbonyl (C=O) groups is 1. The SMILES string of the molecule is C[C@@H](NC(=O)COc1cc(F)ccc1[N+](=O)[O-])c1cccc(Cl)c1. The zero-order valence-corrected chi connectivity index (χ0v) is 13.4. The fourth-order valence-electron chi connectivity index (χ4n) is 2.04. The van der Waals surface area contributed by atoms with Gasteiger partial charge < -0.3 is 10.1 Å². The quantitative estimate of drug-likeness (QED) is 0.635. The molecule has 0 unspecified atom stereocenters. The minimum absolute atomic E-state index is 0.300. The van der Waals surface area contributed by atoms with Crippen molar-refractivity contribution in [2.45, 2.75) is 13.0 Å². The van der Waals surface area contributed by atoms with E-state index >= 15 is 0 Å². The lowest BCUT2D eigenvalue weighted by molar-refractivity contribution is -0.385. The Morgan fingerprint density at radius 3 is 2.79 bits per heavy atom. The van der Waals surface area contributed by atoms with E-state index in [2.05, 4.69) is 5.32 Å². The number of amides is 1. The largest absolute Gasteiger partial charge is 0.477 e. The minimum atomic E-state index is -0.707. The van der Waals surface area contributed by atoms with Crippen LogP contribution in [-0.4, -0.2) is 17.4 Å². The zero-order chi connectivity index (χ0) is 17.7. The molecule has 0 aliphatic rings. The molecular formula is C16H14ClFN2O4. The van der Waals surface area contributed by atoms with E-state index in [-0.39, 0.29) is 11.8 Å². The molecule has 1 amide bonds. The molecule has 0 heterocycles. The van der Waals surface area contributed by atoms with Crippen LogP contribution < -0.4 is 10.1 Å². The van der Waals surface area contributed by atoms with Gasteiger partial charge >= 0.3 is 5.69 Å². The molecule has 0 saturated carbocycles. The number of carbonyl (C=O) groups excluding carboxylic acids is 1. The molecule has 24 heavy (non-hydrogen) atoms. The van der Waals surface area contributed by atoms with E-state index in [9.17, 15) is 19.3 Å². The highest BCUT2D eigenvalue weighted by Crippen LogP contribution is 2.27. The lowest BCUT2D eigenvalue weighted by atomic mass is 10.1. The van der Waals surface area contributed by atoms with Gasteiger partial charge in [-0.3, -0.25) is 14.9 Å². The van der Waals surface area contributed by atoms with Gasteiger partial charge in [0.1, 0.15) is 5.82 Å². The van der Waals surface area contributed by atoms with Crippen molar-refractivity contribution in [2.24, 2.45) is 0 Å². The first-order valence-corrected chi connectivity index (χ1v) is 7.36. The van der Waals surface area contributed by atoms with Crippen molar-refractivity contribution in [3.05, 3.63) is 69.0 Å². The second kappa shape index (κ2) is 7.74. The topological polar surface area (TPSA) is 81.5 Å². The fraction of sp³-hybridized carbons (Fsp3) is 0.188. The van der Waals surface area contributed by atoms with Crippen molar-refractivity contribution in [3.63, 3.8) is 0 Å². The van der Waals surface area contributed by atoms with Crippen molar-refractivity contribution >= 4 is 23.2 Å². The van der Waals surface area contributed by atoms with Gasteiger partial charge in [0.05, 0.1) is 11.0 Å². The molecule has 6 nitrogen and oxygen atoms in total. The average molecular weight is 353 g/mol. The van der Waals surface area contributed by atoms with Crippen LogP contribution in [0.15, 0.2) is 42.5 Å². The van der Waals surface area contributed by atoms with Gasteiger partial charge in [0.25, 0.3) is 5.91 Å². The molecule has 8 heteroatoms. The van der Waals surface area contributed by atoms with Crippen LogP contribution in [0, 0.1) is 15.9 Å². The Morgan fingerprint density at radius 2 is 2.12 bits per heavy atom. The summed E-state index contributed by atoms with van der Waals surface area (Å²) in [6.45, 7) is 1.28. The van der Waals surface area contributed by atoms with Crippen molar-refractivity contribution < 1.29 is 18.8 Å². The number of halogens is 2. The first-order valence-electron chi connectivity index (χ1n) is 6.98. The number of hydrogen-bond donors (Lipinski definition) is 1. The Bertz CT molecular complexity index is 769. The molecule has 2 rings (SSSR count). The van der Waals surface area contributed by atoms with Crippen LogP contribution in [0.25, 0.3) is 0 Å². The maximum Gasteiger partial charge on any atom is 0.311 e. The number of benzene rings is 2. The highest BCUT2D eigenvalue weighted by molar-refractivity contribution is 6.30. The Morgan fingerprint density at radius 1 is 1.38 bits per heavy atom. The molecule has 0 aliphatic heterocycles. The molecule has 1 atom stereocenters. The normalized spacial score (nSPS) is 11.6. The predicted molar refractivity (Wildman–Crippen MR) is 86.6 cm³/mol. The monoisotopic (exact) mass is 352 g/mol. The number of nitro groups is 1. The van der Waals surface area contributed by atoms with Gasteiger partial charge in [-0.05, 0) is 30.7 Å². The smallest absolute Gasteiger partial charge is 0.311 e. The molecule has 0 radical (unpaired) electrons. The number of ether oxygens (including phenoxy) is 1. The predicted octanol–water partition coefficient (Wildman–Crippen LogP) is 3.64. The summed E-state index contributed by atoms with van der Waals surface area (Å²) in [6, 6.07) is 9.45. The standard InChI is InChI=1S/C16H14ClFN2O4/c1-10(11-3-2-4-12(17)7-11)19-16(21)9-24-15-8-13(18)5-6-14(15)20(22)23/h2-8,10H,9H2,1H3,(H,19,21)/t10-/m1/s1. The first-order chi connectivity index (χ1) is 11.4. The number of nitro benzene ring substituents is 1. The van der Waals surface area contributed by atoms with Gasteiger partial charge in [0.15, 0.2) is 6.61 Å². The highest BCUT2D eigenvalue weighted by Gasteiger charge is 2.18. The van der Waals surface area contributed by atoms with Gasteiger partial charge in [-0.2, -0.15) is 0 Å². The lowest BCUT2D eigenvalue weighted by Gasteiger charge is -2.15. The third-order valence-electron chi connectivity index (χ3n) is 3.20. The summed E-state index contributed by atoms with van der Waals surface area (Å²) < 4.78 is 18.3. The molecule has 2 aromatic carbocycles. The summed E-state index contributed by atoms with van der Waals surface area (Å²) >= 11 is 5.89. The van der Waals surface area contributed by atoms with Crippen molar-refractivity contribution in [1.82, 2.24) is 5.32 Å². The summed E-state index contributed by atoms with van der Waals surface area (Å²) in [4.78, 5) is 22.1. The Labute approximate surface area is 142 Å². The molecule has 0 saturated heterocycles. The van der Waals surface area contributed by atoms with Gasteiger partial charge in [0.2, 0.25) is 5.75 Å². The molecular weight excluding hydrogens is 339 g/mol. The number of rotatable bonds is 6. The number of hydrogen-bond acceptors (Lipinski definition) is 4. The van der Waals surface area contributed by atoms with Gasteiger partial charge in [0, 0.05) is 17.2 Å². The van der Waals surface area contributed by atoms with Crippen molar-refractivity contribution in [2.75, 3.05) is 6.61 Å². The van der Waals surface area contributed by atoms with Crippen LogP contribution in [0.5, 0.6) is 5.75 Å². The van der Waals surface area contributed by atoms with Crippen LogP contribution in [0.1, 0.15) is 18.5 Å². The van der Waals surface area contributed by atoms with Crippen LogP contribution in [0.4, 0.5) is 10.1 Å². The fourth-order valence-corrected chi connectivity index (χ4v) is 2.24. The minimum Gasteiger partial charge on any atom is -0.477 e. The van der Waals surface area contributed by atoms with Crippen molar-refractivity contribution in [1.29, 1.82) is 0 Å². The Kier molecular flexibility index (Phi) is 5.70. The third kappa shape index (κ3) is 4.66. The maximum absolute atomic E-state index is 13.2. The molecule has 0 fully saturated rings. The van der Waals surface area contributed by atoms with Crippen molar-refractivity contribution in [3.8, 4) is 5.75 Å². The van der Waals surface area contributed by atoms with E-state index in [0.717, 1.165) is 23.8 Å². The van der Waals surface area contributed by atoms with E-state index in [1.54, 1.807) is 31.2 Å². The summed E-state index contributed by atoms with van der Waals surface area (Å²) in [5, 5.41) is 14.1. The summed E-state index contributed by atoms with van der Waals surface area (Å²) in [5.41, 5.74) is 0.389. The molecule has 126 valence electrons. The van der Waals surface area contributed by atoms with Crippen LogP contribution in [-0.2, 0) is 4.79 Å². The second-order valence-corrected chi connectivity index (χ2v) is 5.44. The van der Waals surface area contributed by atoms with E-state index < -0.39 is 28.9 Å². The summed E-state index contributed by atoms with van der Waals surface area (Å²) in [5.74, 6) is -1.49. The maximum atomic E-state index is 13.2. The van der Waals surface area contributed by atoms with Crippen LogP contribution >= 0.6 is 11.6 Å². The van der Waals surface area contributed by atoms with Crippen LogP contribution in [0.3, 0.4) is 0 Å². The molecule has 0 aliphatic carbocycles. The zero-order valence-electron chi connectivity index (χ0n) is 12.7. The highest BCUT2D eigenvalue weighted by atomic mass is 35.5. The summed E-state index contributed by atoms with van der Waals surface area (Å²) in [7, 11) is 0. The molecule has 0 spiro atoms. The van der Waals surface area contributed by atoms with E-state index in [4.69, 9.17) is 16.3 Å². The number of nitrogens with zero attached hydrogens (tertiary/aromatic N) is 1. The lowest BCUT2D eigenvalue weighted by Crippen LogP contribution is -2.31. The van der Waals surface area contributed by atoms with E-state index in [1.807, 2.05) is 0 Å².